The number of aryl methyl sites for hydroxylation is 1. The fourth-order valence-electron chi connectivity index (χ4n) is 3.72. The van der Waals surface area contributed by atoms with E-state index in [0.717, 1.165) is 19.4 Å². The Morgan fingerprint density at radius 2 is 2.16 bits per heavy atom. The molecule has 1 aromatic carbocycles. The van der Waals surface area contributed by atoms with Gasteiger partial charge in [-0.1, -0.05) is 18.2 Å². The second-order valence-electron chi connectivity index (χ2n) is 6.73. The monoisotopic (exact) mass is 371 g/mol. The first kappa shape index (κ1) is 16.8. The Kier molecular flexibility index (Phi) is 4.63. The van der Waals surface area contributed by atoms with Crippen molar-refractivity contribution in [1.29, 1.82) is 0 Å². The summed E-state index contributed by atoms with van der Waals surface area (Å²) in [6.45, 7) is 3.75. The molecule has 0 spiro atoms. The van der Waals surface area contributed by atoms with Crippen molar-refractivity contribution in [1.82, 2.24) is 4.90 Å². The molecular weight excluding hydrogens is 350 g/mol. The molecule has 1 aliphatic heterocycles. The highest BCUT2D eigenvalue weighted by Crippen LogP contribution is 2.41. The molecule has 0 aliphatic carbocycles. The molecule has 0 radical (unpaired) electrons. The maximum atomic E-state index is 11.5. The lowest BCUT2D eigenvalue weighted by atomic mass is 9.95. The molecule has 3 aromatic rings. The molecule has 4 rings (SSSR count). The number of fused-ring (bicyclic) bond motifs is 1. The molecule has 0 bridgehead atoms. The molecule has 25 heavy (non-hydrogen) atoms. The summed E-state index contributed by atoms with van der Waals surface area (Å²) in [7, 11) is 0. The largest absolute Gasteiger partial charge is 0.481 e. The van der Waals surface area contributed by atoms with E-state index in [9.17, 15) is 9.90 Å². The third kappa shape index (κ3) is 3.24. The summed E-state index contributed by atoms with van der Waals surface area (Å²) < 4.78 is 1.29. The highest BCUT2D eigenvalue weighted by molar-refractivity contribution is 7.19. The van der Waals surface area contributed by atoms with Crippen LogP contribution < -0.4 is 0 Å². The minimum atomic E-state index is -0.664. The number of piperidine rings is 1. The number of benzene rings is 1. The molecule has 1 saturated heterocycles. The van der Waals surface area contributed by atoms with Crippen LogP contribution >= 0.6 is 22.7 Å². The van der Waals surface area contributed by atoms with Crippen molar-refractivity contribution in [2.24, 2.45) is 5.92 Å². The smallest absolute Gasteiger partial charge is 0.307 e. The van der Waals surface area contributed by atoms with Gasteiger partial charge in [0.25, 0.3) is 0 Å². The first-order valence-corrected chi connectivity index (χ1v) is 10.3. The van der Waals surface area contributed by atoms with Crippen molar-refractivity contribution in [2.45, 2.75) is 25.8 Å². The maximum Gasteiger partial charge on any atom is 0.307 e. The van der Waals surface area contributed by atoms with Gasteiger partial charge in [0.2, 0.25) is 0 Å². The lowest BCUT2D eigenvalue weighted by molar-refractivity contribution is -0.143. The third-order valence-electron chi connectivity index (χ3n) is 5.03. The summed E-state index contributed by atoms with van der Waals surface area (Å²) in [5, 5.41) is 12.9. The molecule has 2 atom stereocenters. The van der Waals surface area contributed by atoms with E-state index in [1.807, 2.05) is 11.3 Å². The van der Waals surface area contributed by atoms with Crippen LogP contribution in [-0.2, 0) is 4.79 Å². The van der Waals surface area contributed by atoms with E-state index >= 15 is 0 Å². The van der Waals surface area contributed by atoms with Crippen molar-refractivity contribution in [3.63, 3.8) is 0 Å². The lowest BCUT2D eigenvalue weighted by Crippen LogP contribution is -2.41. The van der Waals surface area contributed by atoms with Gasteiger partial charge in [-0.05, 0) is 60.8 Å². The van der Waals surface area contributed by atoms with E-state index in [0.29, 0.717) is 6.54 Å². The van der Waals surface area contributed by atoms with Gasteiger partial charge in [0.15, 0.2) is 0 Å². The van der Waals surface area contributed by atoms with Crippen LogP contribution in [0, 0.1) is 12.8 Å². The number of thiophene rings is 2. The molecule has 2 aromatic heterocycles. The average molecular weight is 372 g/mol. The summed E-state index contributed by atoms with van der Waals surface area (Å²) in [6, 6.07) is 13.1. The van der Waals surface area contributed by atoms with E-state index in [1.165, 1.54) is 25.4 Å². The molecule has 2 unspecified atom stereocenters. The molecule has 3 heterocycles. The van der Waals surface area contributed by atoms with E-state index in [-0.39, 0.29) is 12.0 Å². The Hall–Kier alpha value is -1.69. The highest BCUT2D eigenvalue weighted by atomic mass is 32.1. The molecule has 130 valence electrons. The first-order valence-electron chi connectivity index (χ1n) is 8.63. The van der Waals surface area contributed by atoms with Gasteiger partial charge in [-0.3, -0.25) is 9.69 Å². The van der Waals surface area contributed by atoms with Crippen LogP contribution in [0.3, 0.4) is 0 Å². The van der Waals surface area contributed by atoms with Gasteiger partial charge in [0, 0.05) is 21.0 Å². The molecule has 1 aliphatic rings. The van der Waals surface area contributed by atoms with Gasteiger partial charge in [-0.15, -0.1) is 22.7 Å². The molecule has 1 fully saturated rings. The number of aliphatic carboxylic acids is 1. The zero-order valence-electron chi connectivity index (χ0n) is 14.1. The van der Waals surface area contributed by atoms with Gasteiger partial charge >= 0.3 is 5.97 Å². The molecule has 0 amide bonds. The minimum absolute atomic E-state index is 0.166. The normalized spacial score (nSPS) is 20.0. The van der Waals surface area contributed by atoms with E-state index < -0.39 is 5.97 Å². The van der Waals surface area contributed by atoms with Crippen LogP contribution in [0.2, 0.25) is 0 Å². The number of carbonyl (C=O) groups is 1. The topological polar surface area (TPSA) is 40.5 Å². The predicted molar refractivity (Wildman–Crippen MR) is 105 cm³/mol. The van der Waals surface area contributed by atoms with Gasteiger partial charge in [-0.25, -0.2) is 0 Å². The molecule has 5 heteroatoms. The summed E-state index contributed by atoms with van der Waals surface area (Å²) in [5.74, 6) is -0.923. The van der Waals surface area contributed by atoms with Crippen LogP contribution in [0.25, 0.3) is 10.1 Å². The number of rotatable bonds is 4. The third-order valence-corrected chi connectivity index (χ3v) is 7.27. The second kappa shape index (κ2) is 6.90. The fourth-order valence-corrected chi connectivity index (χ4v) is 6.08. The van der Waals surface area contributed by atoms with Crippen molar-refractivity contribution in [2.75, 3.05) is 13.1 Å². The second-order valence-corrected chi connectivity index (χ2v) is 8.79. The molecule has 1 N–H and O–H groups in total. The molecule has 0 saturated carbocycles. The van der Waals surface area contributed by atoms with Crippen molar-refractivity contribution < 1.29 is 9.90 Å². The van der Waals surface area contributed by atoms with Crippen LogP contribution in [0.1, 0.15) is 34.2 Å². The zero-order valence-corrected chi connectivity index (χ0v) is 15.8. The van der Waals surface area contributed by atoms with Crippen LogP contribution in [0.5, 0.6) is 0 Å². The van der Waals surface area contributed by atoms with E-state index in [2.05, 4.69) is 53.6 Å². The standard InChI is InChI=1S/C20H21NO2S2/c1-13-8-10-24-19(13)18(21-9-4-6-15(12-21)20(22)23)17-11-14-5-2-3-7-16(14)25-17/h2-3,5,7-8,10-11,15,18H,4,6,9,12H2,1H3,(H,22,23). The van der Waals surface area contributed by atoms with Gasteiger partial charge < -0.3 is 5.11 Å². The minimum Gasteiger partial charge on any atom is -0.481 e. The first-order chi connectivity index (χ1) is 12.1. The Morgan fingerprint density at radius 3 is 2.88 bits per heavy atom. The summed E-state index contributed by atoms with van der Waals surface area (Å²) in [6.07, 6.45) is 1.73. The van der Waals surface area contributed by atoms with Crippen molar-refractivity contribution in [3.8, 4) is 0 Å². The van der Waals surface area contributed by atoms with Crippen LogP contribution in [0.15, 0.2) is 41.8 Å². The Morgan fingerprint density at radius 1 is 1.32 bits per heavy atom. The summed E-state index contributed by atoms with van der Waals surface area (Å²) in [5.41, 5.74) is 1.30. The summed E-state index contributed by atoms with van der Waals surface area (Å²) in [4.78, 5) is 16.6. The van der Waals surface area contributed by atoms with Crippen molar-refractivity contribution in [3.05, 3.63) is 57.1 Å². The Labute approximate surface area is 155 Å². The van der Waals surface area contributed by atoms with Crippen LogP contribution in [0.4, 0.5) is 0 Å². The SMILES string of the molecule is Cc1ccsc1C(c1cc2ccccc2s1)N1CCCC(C(=O)O)C1. The number of hydrogen-bond donors (Lipinski definition) is 1. The average Bonchev–Trinajstić information content (AvgIpc) is 3.22. The van der Waals surface area contributed by atoms with Gasteiger partial charge in [-0.2, -0.15) is 0 Å². The number of likely N-dealkylation sites (tertiary alicyclic amines) is 1. The zero-order chi connectivity index (χ0) is 17.4. The number of carboxylic acids is 1. The number of carboxylic acid groups (broad SMARTS) is 1. The number of nitrogens with zero attached hydrogens (tertiary/aromatic N) is 1. The van der Waals surface area contributed by atoms with E-state index in [1.54, 1.807) is 11.3 Å². The van der Waals surface area contributed by atoms with Crippen LogP contribution in [-0.4, -0.2) is 29.1 Å². The molecule has 3 nitrogen and oxygen atoms in total. The number of hydrogen-bond acceptors (Lipinski definition) is 4. The Bertz CT molecular complexity index is 865. The van der Waals surface area contributed by atoms with Gasteiger partial charge in [0.05, 0.1) is 12.0 Å². The molecular formula is C20H21NO2S2. The quantitative estimate of drug-likeness (QED) is 0.689. The van der Waals surface area contributed by atoms with Gasteiger partial charge in [0.1, 0.15) is 0 Å². The lowest BCUT2D eigenvalue weighted by Gasteiger charge is -2.36. The fraction of sp³-hybridized carbons (Fsp3) is 0.350. The van der Waals surface area contributed by atoms with Crippen molar-refractivity contribution >= 4 is 38.7 Å². The highest BCUT2D eigenvalue weighted by Gasteiger charge is 2.33. The predicted octanol–water partition coefficient (Wildman–Crippen LogP) is 5.16. The van der Waals surface area contributed by atoms with E-state index in [4.69, 9.17) is 0 Å². The maximum absolute atomic E-state index is 11.5. The Balaban J connectivity index is 1.77. The summed E-state index contributed by atoms with van der Waals surface area (Å²) >= 11 is 3.62.